The third-order valence-electron chi connectivity index (χ3n) is 4.43. The Kier molecular flexibility index (Phi) is 7.11. The van der Waals surface area contributed by atoms with Crippen LogP contribution in [0.15, 0.2) is 58.1 Å². The summed E-state index contributed by atoms with van der Waals surface area (Å²) in [7, 11) is 0. The Bertz CT molecular complexity index is 1100. The lowest BCUT2D eigenvalue weighted by Gasteiger charge is -2.28. The van der Waals surface area contributed by atoms with E-state index in [1.54, 1.807) is 43.3 Å². The molecular weight excluding hydrogens is 482 g/mol. The molecule has 0 unspecified atom stereocenters. The maximum absolute atomic E-state index is 12.7. The van der Waals surface area contributed by atoms with Crippen LogP contribution in [0.1, 0.15) is 23.7 Å². The van der Waals surface area contributed by atoms with Gasteiger partial charge < -0.3 is 5.32 Å². The maximum atomic E-state index is 12.7. The summed E-state index contributed by atoms with van der Waals surface area (Å²) in [6.45, 7) is 1.72. The fourth-order valence-electron chi connectivity index (χ4n) is 2.75. The number of hydrazone groups is 1. The standard InChI is InChI=1S/C21H18BrN5O5/c1-2-17(28)24-14-7-3-12(4-8-14)18(29)26-23-11-16-19(30)25-21(32)27(20(16)31)15-9-5-13(22)6-10-15/h3-11,16H,2H2,1H3,(H,24,28)(H,26,29)(H,25,30,32)/b23-11-/t16-/m1/s1. The molecule has 6 amide bonds. The Balaban J connectivity index is 1.67. The number of barbiturate groups is 1. The van der Waals surface area contributed by atoms with Crippen molar-refractivity contribution in [2.75, 3.05) is 10.2 Å². The molecule has 0 spiro atoms. The first-order valence-corrected chi connectivity index (χ1v) is 10.3. The summed E-state index contributed by atoms with van der Waals surface area (Å²) in [6, 6.07) is 11.6. The molecule has 0 aromatic heterocycles. The molecule has 1 saturated heterocycles. The van der Waals surface area contributed by atoms with Crippen molar-refractivity contribution >= 4 is 63.2 Å². The Morgan fingerprint density at radius 1 is 1.09 bits per heavy atom. The number of halogens is 1. The Morgan fingerprint density at radius 2 is 1.75 bits per heavy atom. The molecule has 32 heavy (non-hydrogen) atoms. The summed E-state index contributed by atoms with van der Waals surface area (Å²) in [6.07, 6.45) is 1.29. The second kappa shape index (κ2) is 9.96. The molecule has 11 heteroatoms. The van der Waals surface area contributed by atoms with Gasteiger partial charge >= 0.3 is 6.03 Å². The molecule has 2 aromatic carbocycles. The summed E-state index contributed by atoms with van der Waals surface area (Å²) in [5, 5.41) is 8.46. The van der Waals surface area contributed by atoms with E-state index >= 15 is 0 Å². The van der Waals surface area contributed by atoms with Gasteiger partial charge in [0.2, 0.25) is 11.8 Å². The van der Waals surface area contributed by atoms with E-state index in [2.05, 4.69) is 37.1 Å². The van der Waals surface area contributed by atoms with Crippen molar-refractivity contribution in [2.45, 2.75) is 13.3 Å². The molecule has 1 heterocycles. The largest absolute Gasteiger partial charge is 0.335 e. The quantitative estimate of drug-likeness (QED) is 0.318. The van der Waals surface area contributed by atoms with Crippen LogP contribution in [-0.4, -0.2) is 35.9 Å². The molecule has 0 aliphatic carbocycles. The number of urea groups is 1. The molecule has 0 saturated carbocycles. The molecule has 10 nitrogen and oxygen atoms in total. The highest BCUT2D eigenvalue weighted by Gasteiger charge is 2.40. The lowest BCUT2D eigenvalue weighted by molar-refractivity contribution is -0.131. The number of carbonyl (C=O) groups is 5. The molecule has 3 N–H and O–H groups in total. The lowest BCUT2D eigenvalue weighted by Crippen LogP contribution is -2.58. The van der Waals surface area contributed by atoms with Crippen LogP contribution >= 0.6 is 15.9 Å². The first kappa shape index (κ1) is 22.8. The highest BCUT2D eigenvalue weighted by Crippen LogP contribution is 2.22. The minimum atomic E-state index is -1.40. The molecular formula is C21H18BrN5O5. The minimum Gasteiger partial charge on any atom is -0.326 e. The van der Waals surface area contributed by atoms with Crippen molar-refractivity contribution in [3.63, 3.8) is 0 Å². The van der Waals surface area contributed by atoms with Gasteiger partial charge in [-0.25, -0.2) is 15.1 Å². The highest BCUT2D eigenvalue weighted by molar-refractivity contribution is 9.10. The van der Waals surface area contributed by atoms with E-state index < -0.39 is 29.7 Å². The van der Waals surface area contributed by atoms with Crippen LogP contribution in [0, 0.1) is 5.92 Å². The van der Waals surface area contributed by atoms with Gasteiger partial charge in [0, 0.05) is 28.4 Å². The van der Waals surface area contributed by atoms with Crippen molar-refractivity contribution < 1.29 is 24.0 Å². The van der Waals surface area contributed by atoms with Crippen LogP contribution in [0.4, 0.5) is 16.2 Å². The molecule has 0 bridgehead atoms. The number of anilines is 2. The van der Waals surface area contributed by atoms with E-state index in [-0.39, 0.29) is 17.2 Å². The smallest absolute Gasteiger partial charge is 0.326 e. The Morgan fingerprint density at radius 3 is 2.38 bits per heavy atom. The van der Waals surface area contributed by atoms with Gasteiger partial charge in [0.05, 0.1) is 5.69 Å². The molecule has 1 aliphatic heterocycles. The summed E-state index contributed by atoms with van der Waals surface area (Å²) in [5.41, 5.74) is 3.31. The van der Waals surface area contributed by atoms with Gasteiger partial charge in [-0.2, -0.15) is 5.10 Å². The molecule has 164 valence electrons. The summed E-state index contributed by atoms with van der Waals surface area (Å²) < 4.78 is 0.754. The van der Waals surface area contributed by atoms with Crippen molar-refractivity contribution in [2.24, 2.45) is 11.0 Å². The predicted octanol–water partition coefficient (Wildman–Crippen LogP) is 2.41. The lowest BCUT2D eigenvalue weighted by atomic mass is 10.1. The molecule has 1 atom stereocenters. The number of nitrogens with zero attached hydrogens (tertiary/aromatic N) is 2. The fourth-order valence-corrected chi connectivity index (χ4v) is 3.01. The number of rotatable bonds is 6. The Hall–Kier alpha value is -3.86. The fraction of sp³-hybridized carbons (Fsp3) is 0.143. The van der Waals surface area contributed by atoms with Gasteiger partial charge in [0.1, 0.15) is 0 Å². The summed E-state index contributed by atoms with van der Waals surface area (Å²) in [5.74, 6) is -3.78. The van der Waals surface area contributed by atoms with Gasteiger partial charge in [-0.3, -0.25) is 24.5 Å². The zero-order valence-electron chi connectivity index (χ0n) is 16.8. The summed E-state index contributed by atoms with van der Waals surface area (Å²) in [4.78, 5) is 61.5. The predicted molar refractivity (Wildman–Crippen MR) is 120 cm³/mol. The zero-order chi connectivity index (χ0) is 23.3. The molecule has 1 fully saturated rings. The Labute approximate surface area is 191 Å². The topological polar surface area (TPSA) is 137 Å². The van der Waals surface area contributed by atoms with Crippen molar-refractivity contribution in [1.29, 1.82) is 0 Å². The van der Waals surface area contributed by atoms with E-state index in [0.29, 0.717) is 12.1 Å². The van der Waals surface area contributed by atoms with E-state index in [4.69, 9.17) is 0 Å². The second-order valence-corrected chi connectivity index (χ2v) is 7.54. The monoisotopic (exact) mass is 499 g/mol. The number of hydrogen-bond acceptors (Lipinski definition) is 6. The number of imide groups is 2. The second-order valence-electron chi connectivity index (χ2n) is 6.62. The van der Waals surface area contributed by atoms with E-state index in [9.17, 15) is 24.0 Å². The van der Waals surface area contributed by atoms with Gasteiger partial charge in [0.25, 0.3) is 11.8 Å². The highest BCUT2D eigenvalue weighted by atomic mass is 79.9. The van der Waals surface area contributed by atoms with Crippen LogP contribution in [0.2, 0.25) is 0 Å². The minimum absolute atomic E-state index is 0.155. The van der Waals surface area contributed by atoms with Gasteiger partial charge in [0.15, 0.2) is 5.92 Å². The van der Waals surface area contributed by atoms with E-state index in [0.717, 1.165) is 15.6 Å². The molecule has 1 aliphatic rings. The number of benzene rings is 2. The van der Waals surface area contributed by atoms with Gasteiger partial charge in [-0.1, -0.05) is 22.9 Å². The number of carbonyl (C=O) groups excluding carboxylic acids is 5. The van der Waals surface area contributed by atoms with Crippen molar-refractivity contribution in [1.82, 2.24) is 10.7 Å². The number of nitrogens with one attached hydrogen (secondary N) is 3. The molecule has 0 radical (unpaired) electrons. The van der Waals surface area contributed by atoms with Crippen molar-refractivity contribution in [3.8, 4) is 0 Å². The average molecular weight is 500 g/mol. The van der Waals surface area contributed by atoms with Crippen LogP contribution in [0.25, 0.3) is 0 Å². The third kappa shape index (κ3) is 5.24. The third-order valence-corrected chi connectivity index (χ3v) is 4.96. The summed E-state index contributed by atoms with van der Waals surface area (Å²) >= 11 is 3.27. The van der Waals surface area contributed by atoms with E-state index in [1.807, 2.05) is 0 Å². The van der Waals surface area contributed by atoms with Crippen LogP contribution in [-0.2, 0) is 14.4 Å². The first-order valence-electron chi connectivity index (χ1n) is 9.48. The van der Waals surface area contributed by atoms with Gasteiger partial charge in [-0.05, 0) is 48.5 Å². The molecule has 3 rings (SSSR count). The first-order chi connectivity index (χ1) is 15.3. The van der Waals surface area contributed by atoms with E-state index in [1.165, 1.54) is 12.1 Å². The zero-order valence-corrected chi connectivity index (χ0v) is 18.4. The SMILES string of the molecule is CCC(=O)Nc1ccc(C(=O)N/N=C\[C@@H]2C(=O)NC(=O)N(c3ccc(Br)cc3)C2=O)cc1. The van der Waals surface area contributed by atoms with Crippen molar-refractivity contribution in [3.05, 3.63) is 58.6 Å². The number of hydrogen-bond donors (Lipinski definition) is 3. The number of amides is 6. The normalized spacial score (nSPS) is 16.1. The average Bonchev–Trinajstić information content (AvgIpc) is 2.77. The maximum Gasteiger partial charge on any atom is 0.335 e. The van der Waals surface area contributed by atoms with Crippen LogP contribution in [0.5, 0.6) is 0 Å². The van der Waals surface area contributed by atoms with Gasteiger partial charge in [-0.15, -0.1) is 0 Å². The van der Waals surface area contributed by atoms with Crippen LogP contribution < -0.4 is 21.0 Å². The molecule has 2 aromatic rings. The van der Waals surface area contributed by atoms with Crippen LogP contribution in [0.3, 0.4) is 0 Å².